The fourth-order valence-electron chi connectivity index (χ4n) is 4.18. The smallest absolute Gasteiger partial charge is 0.278 e. The summed E-state index contributed by atoms with van der Waals surface area (Å²) in [6.07, 6.45) is 0. The maximum Gasteiger partial charge on any atom is 0.278 e. The number of anilines is 1. The number of hydrogen-bond acceptors (Lipinski definition) is 8. The molecule has 5 rings (SSSR count). The zero-order chi connectivity index (χ0) is 22.8. The van der Waals surface area contributed by atoms with Gasteiger partial charge in [-0.25, -0.2) is 0 Å². The van der Waals surface area contributed by atoms with Crippen molar-refractivity contribution in [3.8, 4) is 17.2 Å². The summed E-state index contributed by atoms with van der Waals surface area (Å²) in [5, 5.41) is 3.16. The Bertz CT molecular complexity index is 1110. The van der Waals surface area contributed by atoms with Crippen molar-refractivity contribution in [2.24, 2.45) is 0 Å². The summed E-state index contributed by atoms with van der Waals surface area (Å²) in [4.78, 5) is 30.5. The third-order valence-electron chi connectivity index (χ3n) is 5.93. The Morgan fingerprint density at radius 2 is 1.76 bits per heavy atom. The molecule has 0 unspecified atom stereocenters. The average molecular weight is 451 g/mol. The number of rotatable bonds is 7. The van der Waals surface area contributed by atoms with E-state index < -0.39 is 0 Å². The fraction of sp³-hybridized carbons (Fsp3) is 0.333. The second-order valence-electron chi connectivity index (χ2n) is 7.86. The SMILES string of the molecule is COc1ccccc1C1=C(Nc2ccc3c(c2)OCO3)C(=O)N(CCN2CCOCC2)C1=O. The van der Waals surface area contributed by atoms with Crippen LogP contribution in [0.25, 0.3) is 5.57 Å². The molecule has 172 valence electrons. The highest BCUT2D eigenvalue weighted by molar-refractivity contribution is 6.37. The lowest BCUT2D eigenvalue weighted by atomic mass is 10.0. The standard InChI is InChI=1S/C24H25N3O6/c1-30-18-5-3-2-4-17(18)21-22(25-16-6-7-19-20(14-16)33-15-32-19)24(29)27(23(21)28)9-8-26-10-12-31-13-11-26/h2-7,14,25H,8-13,15H2,1H3. The van der Waals surface area contributed by atoms with Crippen molar-refractivity contribution < 1.29 is 28.5 Å². The first-order valence-electron chi connectivity index (χ1n) is 10.9. The van der Waals surface area contributed by atoms with Gasteiger partial charge in [-0.05, 0) is 18.2 Å². The molecule has 0 aromatic heterocycles. The monoisotopic (exact) mass is 451 g/mol. The van der Waals surface area contributed by atoms with Gasteiger partial charge in [0.05, 0.1) is 25.9 Å². The number of ether oxygens (including phenoxy) is 4. The maximum absolute atomic E-state index is 13.5. The predicted molar refractivity (Wildman–Crippen MR) is 120 cm³/mol. The number of methoxy groups -OCH3 is 1. The lowest BCUT2D eigenvalue weighted by molar-refractivity contribution is -0.137. The van der Waals surface area contributed by atoms with Gasteiger partial charge in [0.1, 0.15) is 11.4 Å². The van der Waals surface area contributed by atoms with Crippen LogP contribution >= 0.6 is 0 Å². The number of fused-ring (bicyclic) bond motifs is 1. The molecule has 0 aliphatic carbocycles. The van der Waals surface area contributed by atoms with Crippen molar-refractivity contribution in [3.63, 3.8) is 0 Å². The summed E-state index contributed by atoms with van der Waals surface area (Å²) < 4.78 is 21.7. The van der Waals surface area contributed by atoms with E-state index in [4.69, 9.17) is 18.9 Å². The van der Waals surface area contributed by atoms with E-state index in [1.807, 2.05) is 12.1 Å². The highest BCUT2D eigenvalue weighted by atomic mass is 16.7. The van der Waals surface area contributed by atoms with E-state index in [9.17, 15) is 9.59 Å². The molecule has 1 N–H and O–H groups in total. The third kappa shape index (κ3) is 4.12. The molecule has 2 amide bonds. The second kappa shape index (κ2) is 9.13. The van der Waals surface area contributed by atoms with Crippen LogP contribution in [0.2, 0.25) is 0 Å². The van der Waals surface area contributed by atoms with Crippen LogP contribution in [0.4, 0.5) is 5.69 Å². The first-order valence-corrected chi connectivity index (χ1v) is 10.9. The largest absolute Gasteiger partial charge is 0.496 e. The van der Waals surface area contributed by atoms with Gasteiger partial charge in [0.25, 0.3) is 11.8 Å². The molecule has 3 aliphatic heterocycles. The molecule has 33 heavy (non-hydrogen) atoms. The number of imide groups is 1. The van der Waals surface area contributed by atoms with Gasteiger partial charge in [0, 0.05) is 43.5 Å². The normalized spacial score (nSPS) is 18.3. The summed E-state index contributed by atoms with van der Waals surface area (Å²) in [5.74, 6) is 1.03. The minimum Gasteiger partial charge on any atom is -0.496 e. The number of nitrogens with zero attached hydrogens (tertiary/aromatic N) is 2. The van der Waals surface area contributed by atoms with E-state index >= 15 is 0 Å². The Morgan fingerprint density at radius 3 is 2.58 bits per heavy atom. The van der Waals surface area contributed by atoms with Gasteiger partial charge in [-0.15, -0.1) is 0 Å². The number of para-hydroxylation sites is 1. The van der Waals surface area contributed by atoms with Gasteiger partial charge < -0.3 is 24.3 Å². The summed E-state index contributed by atoms with van der Waals surface area (Å²) in [6, 6.07) is 12.5. The first-order chi connectivity index (χ1) is 16.2. The average Bonchev–Trinajstić information content (AvgIpc) is 3.40. The van der Waals surface area contributed by atoms with Gasteiger partial charge in [-0.2, -0.15) is 0 Å². The minimum atomic E-state index is -0.369. The van der Waals surface area contributed by atoms with Crippen LogP contribution in [0, 0.1) is 0 Å². The van der Waals surface area contributed by atoms with Crippen LogP contribution in [0.15, 0.2) is 48.2 Å². The van der Waals surface area contributed by atoms with Gasteiger partial charge in [0.2, 0.25) is 6.79 Å². The van der Waals surface area contributed by atoms with E-state index in [0.29, 0.717) is 54.8 Å². The van der Waals surface area contributed by atoms with Crippen molar-refractivity contribution in [1.82, 2.24) is 9.80 Å². The number of morpholine rings is 1. The lowest BCUT2D eigenvalue weighted by Crippen LogP contribution is -2.43. The quantitative estimate of drug-likeness (QED) is 0.639. The van der Waals surface area contributed by atoms with Gasteiger partial charge >= 0.3 is 0 Å². The summed E-state index contributed by atoms with van der Waals surface area (Å²) in [7, 11) is 1.54. The topological polar surface area (TPSA) is 89.6 Å². The Balaban J connectivity index is 1.47. The molecule has 0 saturated carbocycles. The van der Waals surface area contributed by atoms with Crippen LogP contribution in [-0.2, 0) is 14.3 Å². The highest BCUT2D eigenvalue weighted by Crippen LogP contribution is 2.38. The molecule has 1 fully saturated rings. The van der Waals surface area contributed by atoms with Crippen molar-refractivity contribution in [3.05, 3.63) is 53.7 Å². The number of carbonyl (C=O) groups excluding carboxylic acids is 2. The van der Waals surface area contributed by atoms with Crippen molar-refractivity contribution in [2.45, 2.75) is 0 Å². The van der Waals surface area contributed by atoms with E-state index in [1.54, 1.807) is 37.4 Å². The van der Waals surface area contributed by atoms with Crippen molar-refractivity contribution >= 4 is 23.1 Å². The van der Waals surface area contributed by atoms with Crippen molar-refractivity contribution in [2.75, 3.05) is 58.6 Å². The molecular formula is C24H25N3O6. The second-order valence-corrected chi connectivity index (χ2v) is 7.86. The molecule has 9 heteroatoms. The Kier molecular flexibility index (Phi) is 5.89. The lowest BCUT2D eigenvalue weighted by Gasteiger charge is -2.28. The van der Waals surface area contributed by atoms with Crippen molar-refractivity contribution in [1.29, 1.82) is 0 Å². The summed E-state index contributed by atoms with van der Waals surface area (Å²) in [5.41, 5.74) is 1.69. The summed E-state index contributed by atoms with van der Waals surface area (Å²) in [6.45, 7) is 3.92. The Morgan fingerprint density at radius 1 is 0.970 bits per heavy atom. The van der Waals surface area contributed by atoms with Crippen LogP contribution in [0.1, 0.15) is 5.56 Å². The number of benzene rings is 2. The van der Waals surface area contributed by atoms with Crippen LogP contribution in [0.3, 0.4) is 0 Å². The minimum absolute atomic E-state index is 0.153. The van der Waals surface area contributed by atoms with Gasteiger partial charge in [-0.3, -0.25) is 19.4 Å². The number of carbonyl (C=O) groups is 2. The molecule has 0 bridgehead atoms. The molecule has 0 atom stereocenters. The predicted octanol–water partition coefficient (Wildman–Crippen LogP) is 1.95. The third-order valence-corrected chi connectivity index (χ3v) is 5.93. The van der Waals surface area contributed by atoms with Crippen LogP contribution < -0.4 is 19.5 Å². The Hall–Kier alpha value is -3.56. The van der Waals surface area contributed by atoms with E-state index in [2.05, 4.69) is 10.2 Å². The molecule has 1 saturated heterocycles. The molecule has 2 aromatic rings. The van der Waals surface area contributed by atoms with E-state index in [1.165, 1.54) is 4.90 Å². The molecule has 0 radical (unpaired) electrons. The highest BCUT2D eigenvalue weighted by Gasteiger charge is 2.40. The maximum atomic E-state index is 13.5. The van der Waals surface area contributed by atoms with E-state index in [0.717, 1.165) is 13.1 Å². The number of hydrogen-bond donors (Lipinski definition) is 1. The fourth-order valence-corrected chi connectivity index (χ4v) is 4.18. The van der Waals surface area contributed by atoms with Gasteiger partial charge in [0.15, 0.2) is 11.5 Å². The van der Waals surface area contributed by atoms with Crippen LogP contribution in [-0.4, -0.2) is 74.9 Å². The molecule has 3 heterocycles. The first kappa shape index (κ1) is 21.3. The Labute approximate surface area is 191 Å². The van der Waals surface area contributed by atoms with E-state index in [-0.39, 0.29) is 29.9 Å². The molecule has 9 nitrogen and oxygen atoms in total. The zero-order valence-electron chi connectivity index (χ0n) is 18.3. The molecule has 0 spiro atoms. The summed E-state index contributed by atoms with van der Waals surface area (Å²) >= 11 is 0. The number of amides is 2. The molecule has 2 aromatic carbocycles. The zero-order valence-corrected chi connectivity index (χ0v) is 18.3. The molecule has 3 aliphatic rings. The van der Waals surface area contributed by atoms with Gasteiger partial charge in [-0.1, -0.05) is 18.2 Å². The number of nitrogens with one attached hydrogen (secondary N) is 1. The molecular weight excluding hydrogens is 426 g/mol. The van der Waals surface area contributed by atoms with Crippen LogP contribution in [0.5, 0.6) is 17.2 Å².